The Morgan fingerprint density at radius 3 is 2.43 bits per heavy atom. The Hall–Kier alpha value is -1.10. The minimum absolute atomic E-state index is 0.0247. The summed E-state index contributed by atoms with van der Waals surface area (Å²) >= 11 is 0. The minimum Gasteiger partial charge on any atom is -0.346 e. The molecule has 0 spiro atoms. The van der Waals surface area contributed by atoms with Crippen molar-refractivity contribution in [3.63, 3.8) is 0 Å². The normalized spacial score (nSPS) is 12.0. The molecule has 0 fully saturated rings. The average molecular weight is 201 g/mol. The van der Waals surface area contributed by atoms with Gasteiger partial charge < -0.3 is 16.0 Å². The van der Waals surface area contributed by atoms with Crippen LogP contribution in [0.1, 0.15) is 20.3 Å². The van der Waals surface area contributed by atoms with Gasteiger partial charge >= 0.3 is 0 Å². The van der Waals surface area contributed by atoms with Crippen LogP contribution in [0.25, 0.3) is 0 Å². The number of carbonyl (C=O) groups is 2. The van der Waals surface area contributed by atoms with Crippen LogP contribution in [0.2, 0.25) is 0 Å². The second-order valence-corrected chi connectivity index (χ2v) is 3.14. The summed E-state index contributed by atoms with van der Waals surface area (Å²) in [6, 6.07) is -0.519. The number of nitrogens with two attached hydrogens (primary N) is 1. The molecule has 0 aliphatic heterocycles. The Kier molecular flexibility index (Phi) is 5.87. The number of hydrogen-bond acceptors (Lipinski definition) is 3. The molecule has 0 saturated heterocycles. The summed E-state index contributed by atoms with van der Waals surface area (Å²) in [6.07, 6.45) is 0.573. The standard InChI is InChI=1S/C9H19N3O2/c1-4-7(10)9(14)11-6-8(13)12(3)5-2/h7H,4-6,10H2,1-3H3,(H,11,14)/t7-/m0/s1. The Morgan fingerprint density at radius 1 is 1.43 bits per heavy atom. The number of amides is 2. The van der Waals surface area contributed by atoms with Crippen LogP contribution in [0.3, 0.4) is 0 Å². The zero-order chi connectivity index (χ0) is 11.1. The zero-order valence-corrected chi connectivity index (χ0v) is 9.04. The largest absolute Gasteiger partial charge is 0.346 e. The molecule has 0 unspecified atom stereocenters. The quantitative estimate of drug-likeness (QED) is 0.618. The molecular weight excluding hydrogens is 182 g/mol. The van der Waals surface area contributed by atoms with E-state index in [-0.39, 0.29) is 18.4 Å². The lowest BCUT2D eigenvalue weighted by molar-refractivity contribution is -0.132. The SMILES string of the molecule is CC[C@H](N)C(=O)NCC(=O)N(C)CC. The van der Waals surface area contributed by atoms with Crippen LogP contribution in [0.5, 0.6) is 0 Å². The third-order valence-corrected chi connectivity index (χ3v) is 2.09. The van der Waals surface area contributed by atoms with Gasteiger partial charge in [0.2, 0.25) is 11.8 Å². The molecule has 14 heavy (non-hydrogen) atoms. The molecule has 0 bridgehead atoms. The summed E-state index contributed by atoms with van der Waals surface area (Å²) in [5.41, 5.74) is 5.47. The molecule has 0 saturated carbocycles. The van der Waals surface area contributed by atoms with Crippen molar-refractivity contribution >= 4 is 11.8 Å². The first-order valence-corrected chi connectivity index (χ1v) is 4.80. The number of likely N-dealkylation sites (N-methyl/N-ethyl adjacent to an activating group) is 1. The van der Waals surface area contributed by atoms with Gasteiger partial charge in [0, 0.05) is 13.6 Å². The molecule has 5 heteroatoms. The lowest BCUT2D eigenvalue weighted by Gasteiger charge is -2.15. The molecular formula is C9H19N3O2. The number of rotatable bonds is 5. The first-order valence-electron chi connectivity index (χ1n) is 4.80. The van der Waals surface area contributed by atoms with Crippen LogP contribution in [0.15, 0.2) is 0 Å². The lowest BCUT2D eigenvalue weighted by Crippen LogP contribution is -2.44. The van der Waals surface area contributed by atoms with E-state index in [0.29, 0.717) is 13.0 Å². The highest BCUT2D eigenvalue weighted by molar-refractivity contribution is 5.87. The molecule has 3 N–H and O–H groups in total. The third kappa shape index (κ3) is 4.23. The molecule has 2 amide bonds. The van der Waals surface area contributed by atoms with Gasteiger partial charge in [-0.2, -0.15) is 0 Å². The Morgan fingerprint density at radius 2 is 2.00 bits per heavy atom. The minimum atomic E-state index is -0.519. The van der Waals surface area contributed by atoms with Crippen molar-refractivity contribution in [2.45, 2.75) is 26.3 Å². The number of nitrogens with one attached hydrogen (secondary N) is 1. The van der Waals surface area contributed by atoms with Crippen molar-refractivity contribution in [2.24, 2.45) is 5.73 Å². The van der Waals surface area contributed by atoms with Crippen LogP contribution in [0.4, 0.5) is 0 Å². The van der Waals surface area contributed by atoms with Gasteiger partial charge in [0.15, 0.2) is 0 Å². The van der Waals surface area contributed by atoms with Crippen LogP contribution in [0, 0.1) is 0 Å². The van der Waals surface area contributed by atoms with Crippen LogP contribution in [-0.2, 0) is 9.59 Å². The van der Waals surface area contributed by atoms with Crippen molar-refractivity contribution in [1.29, 1.82) is 0 Å². The predicted molar refractivity (Wildman–Crippen MR) is 54.6 cm³/mol. The van der Waals surface area contributed by atoms with Gasteiger partial charge in [0.1, 0.15) is 0 Å². The highest BCUT2D eigenvalue weighted by atomic mass is 16.2. The maximum Gasteiger partial charge on any atom is 0.241 e. The molecule has 1 atom stereocenters. The highest BCUT2D eigenvalue weighted by Gasteiger charge is 2.13. The van der Waals surface area contributed by atoms with Crippen LogP contribution >= 0.6 is 0 Å². The van der Waals surface area contributed by atoms with Crippen molar-refractivity contribution in [2.75, 3.05) is 20.1 Å². The second-order valence-electron chi connectivity index (χ2n) is 3.14. The Labute approximate surface area is 84.6 Å². The van der Waals surface area contributed by atoms with E-state index in [1.54, 1.807) is 7.05 Å². The molecule has 82 valence electrons. The molecule has 0 aromatic rings. The molecule has 0 aliphatic rings. The van der Waals surface area contributed by atoms with E-state index < -0.39 is 6.04 Å². The number of carbonyl (C=O) groups excluding carboxylic acids is 2. The third-order valence-electron chi connectivity index (χ3n) is 2.09. The molecule has 0 aliphatic carbocycles. The molecule has 0 heterocycles. The molecule has 0 rings (SSSR count). The van der Waals surface area contributed by atoms with Crippen molar-refractivity contribution in [3.8, 4) is 0 Å². The molecule has 0 aromatic heterocycles. The zero-order valence-electron chi connectivity index (χ0n) is 9.04. The number of hydrogen-bond donors (Lipinski definition) is 2. The lowest BCUT2D eigenvalue weighted by atomic mass is 10.2. The van der Waals surface area contributed by atoms with E-state index in [0.717, 1.165) is 0 Å². The van der Waals surface area contributed by atoms with Gasteiger partial charge in [0.05, 0.1) is 12.6 Å². The fourth-order valence-corrected chi connectivity index (χ4v) is 0.791. The topological polar surface area (TPSA) is 75.4 Å². The van der Waals surface area contributed by atoms with Crippen molar-refractivity contribution in [3.05, 3.63) is 0 Å². The van der Waals surface area contributed by atoms with Crippen LogP contribution in [-0.4, -0.2) is 42.9 Å². The fourth-order valence-electron chi connectivity index (χ4n) is 0.791. The highest BCUT2D eigenvalue weighted by Crippen LogP contribution is 1.86. The smallest absolute Gasteiger partial charge is 0.241 e. The summed E-state index contributed by atoms with van der Waals surface area (Å²) in [5.74, 6) is -0.380. The molecule has 0 radical (unpaired) electrons. The van der Waals surface area contributed by atoms with Gasteiger partial charge in [-0.05, 0) is 13.3 Å². The van der Waals surface area contributed by atoms with E-state index in [1.165, 1.54) is 4.90 Å². The first-order chi connectivity index (χ1) is 6.52. The summed E-state index contributed by atoms with van der Waals surface area (Å²) in [4.78, 5) is 24.0. The average Bonchev–Trinajstić information content (AvgIpc) is 2.22. The van der Waals surface area contributed by atoms with E-state index >= 15 is 0 Å². The van der Waals surface area contributed by atoms with E-state index in [2.05, 4.69) is 5.32 Å². The van der Waals surface area contributed by atoms with E-state index in [9.17, 15) is 9.59 Å². The monoisotopic (exact) mass is 201 g/mol. The maximum atomic E-state index is 11.3. The maximum absolute atomic E-state index is 11.3. The summed E-state index contributed by atoms with van der Waals surface area (Å²) in [6.45, 7) is 4.35. The van der Waals surface area contributed by atoms with Gasteiger partial charge in [-0.15, -0.1) is 0 Å². The van der Waals surface area contributed by atoms with Gasteiger partial charge in [-0.3, -0.25) is 9.59 Å². The summed E-state index contributed by atoms with van der Waals surface area (Å²) in [7, 11) is 1.69. The fraction of sp³-hybridized carbons (Fsp3) is 0.778. The molecule has 5 nitrogen and oxygen atoms in total. The summed E-state index contributed by atoms with van der Waals surface area (Å²) < 4.78 is 0. The van der Waals surface area contributed by atoms with Gasteiger partial charge in [0.25, 0.3) is 0 Å². The van der Waals surface area contributed by atoms with E-state index in [4.69, 9.17) is 5.73 Å². The van der Waals surface area contributed by atoms with Gasteiger partial charge in [-0.1, -0.05) is 6.92 Å². The first kappa shape index (κ1) is 12.9. The predicted octanol–water partition coefficient (Wildman–Crippen LogP) is -0.682. The molecule has 0 aromatic carbocycles. The van der Waals surface area contributed by atoms with Gasteiger partial charge in [-0.25, -0.2) is 0 Å². The van der Waals surface area contributed by atoms with Crippen LogP contribution < -0.4 is 11.1 Å². The second kappa shape index (κ2) is 6.37. The van der Waals surface area contributed by atoms with Crippen molar-refractivity contribution in [1.82, 2.24) is 10.2 Å². The van der Waals surface area contributed by atoms with Crippen molar-refractivity contribution < 1.29 is 9.59 Å². The number of nitrogens with zero attached hydrogens (tertiary/aromatic N) is 1. The van der Waals surface area contributed by atoms with E-state index in [1.807, 2.05) is 13.8 Å². The Bertz CT molecular complexity index is 184. The summed E-state index contributed by atoms with van der Waals surface area (Å²) in [5, 5.41) is 2.49. The Balaban J connectivity index is 3.83.